The molecule has 0 unspecified atom stereocenters. The van der Waals surface area contributed by atoms with E-state index in [1.807, 2.05) is 17.5 Å². The first-order valence-electron chi connectivity index (χ1n) is 8.69. The lowest BCUT2D eigenvalue weighted by Crippen LogP contribution is -2.12. The fraction of sp³-hybridized carbons (Fsp3) is 0.182. The summed E-state index contributed by atoms with van der Waals surface area (Å²) in [5.41, 5.74) is -1.56. The van der Waals surface area contributed by atoms with E-state index in [0.29, 0.717) is 22.6 Å². The third kappa shape index (κ3) is 4.10. The lowest BCUT2D eigenvalue weighted by Gasteiger charge is -2.18. The Bertz CT molecular complexity index is 1100. The van der Waals surface area contributed by atoms with Crippen molar-refractivity contribution < 1.29 is 31.8 Å². The Balaban J connectivity index is 2.19. The molecule has 0 spiro atoms. The standard InChI is InChI=1S/C22H16F4O3S/c1-28-18-9-8-14(19-7-4-10-30-19)21(29-2)15(18)11-13(12-27)20-16(22(24,25)26)5-3-6-17(20)23/h3-10H,11H2,1-2H3. The molecule has 0 radical (unpaired) electrons. The van der Waals surface area contributed by atoms with Gasteiger partial charge >= 0.3 is 6.18 Å². The summed E-state index contributed by atoms with van der Waals surface area (Å²) >= 11 is 1.44. The van der Waals surface area contributed by atoms with Gasteiger partial charge in [-0.3, -0.25) is 0 Å². The van der Waals surface area contributed by atoms with E-state index in [1.54, 1.807) is 12.1 Å². The third-order valence-corrected chi connectivity index (χ3v) is 5.43. The van der Waals surface area contributed by atoms with Gasteiger partial charge in [-0.15, -0.1) is 11.3 Å². The molecule has 0 aliphatic heterocycles. The van der Waals surface area contributed by atoms with Gasteiger partial charge in [-0.2, -0.15) is 13.2 Å². The molecule has 8 heteroatoms. The van der Waals surface area contributed by atoms with Crippen LogP contribution in [-0.2, 0) is 17.4 Å². The van der Waals surface area contributed by atoms with Gasteiger partial charge < -0.3 is 9.47 Å². The van der Waals surface area contributed by atoms with Crippen LogP contribution < -0.4 is 9.47 Å². The van der Waals surface area contributed by atoms with Gasteiger partial charge in [0.1, 0.15) is 23.3 Å². The fourth-order valence-electron chi connectivity index (χ4n) is 3.25. The van der Waals surface area contributed by atoms with Gasteiger partial charge in [0, 0.05) is 28.0 Å². The number of thiophene rings is 1. The van der Waals surface area contributed by atoms with Crippen molar-refractivity contribution in [3.05, 3.63) is 70.4 Å². The average molecular weight is 436 g/mol. The highest BCUT2D eigenvalue weighted by Crippen LogP contribution is 2.43. The number of benzene rings is 2. The molecule has 1 heterocycles. The fourth-order valence-corrected chi connectivity index (χ4v) is 4.00. The van der Waals surface area contributed by atoms with Crippen LogP contribution in [0.4, 0.5) is 17.6 Å². The van der Waals surface area contributed by atoms with Crippen molar-refractivity contribution in [3.8, 4) is 21.9 Å². The van der Waals surface area contributed by atoms with Crippen LogP contribution in [0.25, 0.3) is 16.0 Å². The number of alkyl halides is 3. The van der Waals surface area contributed by atoms with Crippen LogP contribution in [0.2, 0.25) is 0 Å². The van der Waals surface area contributed by atoms with Crippen LogP contribution in [0.5, 0.6) is 11.5 Å². The highest BCUT2D eigenvalue weighted by atomic mass is 32.1. The molecule has 30 heavy (non-hydrogen) atoms. The predicted octanol–water partition coefficient (Wildman–Crippen LogP) is 6.05. The topological polar surface area (TPSA) is 35.5 Å². The second-order valence-electron chi connectivity index (χ2n) is 6.22. The normalized spacial score (nSPS) is 11.1. The van der Waals surface area contributed by atoms with Crippen molar-refractivity contribution >= 4 is 22.9 Å². The Morgan fingerprint density at radius 2 is 1.83 bits per heavy atom. The lowest BCUT2D eigenvalue weighted by atomic mass is 9.92. The van der Waals surface area contributed by atoms with E-state index < -0.39 is 28.7 Å². The second-order valence-corrected chi connectivity index (χ2v) is 7.17. The van der Waals surface area contributed by atoms with E-state index in [4.69, 9.17) is 9.47 Å². The van der Waals surface area contributed by atoms with E-state index in [9.17, 15) is 22.4 Å². The maximum absolute atomic E-state index is 14.4. The number of carbonyl (C=O) groups excluding carboxylic acids is 1. The molecule has 2 aromatic carbocycles. The van der Waals surface area contributed by atoms with Crippen molar-refractivity contribution in [1.82, 2.24) is 0 Å². The van der Waals surface area contributed by atoms with Crippen molar-refractivity contribution in [2.75, 3.05) is 14.2 Å². The lowest BCUT2D eigenvalue weighted by molar-refractivity contribution is -0.138. The van der Waals surface area contributed by atoms with Gasteiger partial charge in [0.05, 0.1) is 25.4 Å². The molecular weight excluding hydrogens is 420 g/mol. The molecule has 156 valence electrons. The second kappa shape index (κ2) is 8.73. The summed E-state index contributed by atoms with van der Waals surface area (Å²) < 4.78 is 65.6. The number of allylic oxidation sites excluding steroid dienone is 1. The Hall–Kier alpha value is -3.09. The first-order chi connectivity index (χ1) is 14.3. The summed E-state index contributed by atoms with van der Waals surface area (Å²) in [6.07, 6.45) is -5.20. The van der Waals surface area contributed by atoms with Crippen LogP contribution in [0.3, 0.4) is 0 Å². The molecule has 3 aromatic rings. The number of ether oxygens (including phenoxy) is 2. The number of hydrogen-bond acceptors (Lipinski definition) is 4. The number of hydrogen-bond donors (Lipinski definition) is 0. The predicted molar refractivity (Wildman–Crippen MR) is 107 cm³/mol. The maximum atomic E-state index is 14.4. The SMILES string of the molecule is COc1ccc(-c2cccs2)c(OC)c1CC(=C=O)c1c(F)cccc1C(F)(F)F. The van der Waals surface area contributed by atoms with Gasteiger partial charge in [-0.05, 0) is 35.7 Å². The molecule has 1 aromatic heterocycles. The highest BCUT2D eigenvalue weighted by Gasteiger charge is 2.36. The molecule has 0 saturated heterocycles. The minimum atomic E-state index is -4.84. The Labute approximate surface area is 174 Å². The summed E-state index contributed by atoms with van der Waals surface area (Å²) in [5, 5.41) is 1.87. The Morgan fingerprint density at radius 1 is 1.07 bits per heavy atom. The number of rotatable bonds is 6. The molecule has 3 nitrogen and oxygen atoms in total. The van der Waals surface area contributed by atoms with Gasteiger partial charge in [-0.1, -0.05) is 12.1 Å². The first-order valence-corrected chi connectivity index (χ1v) is 9.57. The summed E-state index contributed by atoms with van der Waals surface area (Å²) in [6.45, 7) is 0. The first kappa shape index (κ1) is 21.6. The summed E-state index contributed by atoms with van der Waals surface area (Å²) in [7, 11) is 2.79. The van der Waals surface area contributed by atoms with Gasteiger partial charge in [0.2, 0.25) is 0 Å². The Kier molecular flexibility index (Phi) is 6.29. The van der Waals surface area contributed by atoms with E-state index >= 15 is 0 Å². The molecule has 0 bridgehead atoms. The zero-order valence-corrected chi connectivity index (χ0v) is 16.8. The number of methoxy groups -OCH3 is 2. The molecule has 0 amide bonds. The molecule has 0 aliphatic rings. The minimum absolute atomic E-state index is 0.296. The average Bonchev–Trinajstić information content (AvgIpc) is 3.25. The van der Waals surface area contributed by atoms with E-state index in [-0.39, 0.29) is 6.42 Å². The third-order valence-electron chi connectivity index (χ3n) is 4.53. The summed E-state index contributed by atoms with van der Waals surface area (Å²) in [4.78, 5) is 12.5. The van der Waals surface area contributed by atoms with E-state index in [2.05, 4.69) is 0 Å². The van der Waals surface area contributed by atoms with Crippen LogP contribution in [0.1, 0.15) is 16.7 Å². The molecule has 0 saturated carbocycles. The largest absolute Gasteiger partial charge is 0.496 e. The quantitative estimate of drug-likeness (QED) is 0.349. The van der Waals surface area contributed by atoms with Gasteiger partial charge in [-0.25, -0.2) is 9.18 Å². The van der Waals surface area contributed by atoms with E-state index in [1.165, 1.54) is 31.5 Å². The van der Waals surface area contributed by atoms with Gasteiger partial charge in [0.25, 0.3) is 0 Å². The van der Waals surface area contributed by atoms with E-state index in [0.717, 1.165) is 23.1 Å². The maximum Gasteiger partial charge on any atom is 0.417 e. The molecule has 0 aliphatic carbocycles. The van der Waals surface area contributed by atoms with Crippen molar-refractivity contribution in [3.63, 3.8) is 0 Å². The van der Waals surface area contributed by atoms with Crippen molar-refractivity contribution in [1.29, 1.82) is 0 Å². The van der Waals surface area contributed by atoms with Crippen LogP contribution >= 0.6 is 11.3 Å². The molecule has 0 N–H and O–H groups in total. The Morgan fingerprint density at radius 3 is 2.40 bits per heavy atom. The van der Waals surface area contributed by atoms with Crippen molar-refractivity contribution in [2.24, 2.45) is 0 Å². The number of halogens is 4. The summed E-state index contributed by atoms with van der Waals surface area (Å²) in [5.74, 6) is 0.963. The minimum Gasteiger partial charge on any atom is -0.496 e. The molecular formula is C22H16F4O3S. The summed E-state index contributed by atoms with van der Waals surface area (Å²) in [6, 6.07) is 9.62. The highest BCUT2D eigenvalue weighted by molar-refractivity contribution is 7.13. The zero-order valence-electron chi connectivity index (χ0n) is 16.0. The van der Waals surface area contributed by atoms with Crippen LogP contribution in [-0.4, -0.2) is 20.2 Å². The smallest absolute Gasteiger partial charge is 0.417 e. The van der Waals surface area contributed by atoms with Crippen molar-refractivity contribution in [2.45, 2.75) is 12.6 Å². The zero-order chi connectivity index (χ0) is 21.9. The van der Waals surface area contributed by atoms with Gasteiger partial charge in [0.15, 0.2) is 0 Å². The molecule has 0 atom stereocenters. The molecule has 3 rings (SSSR count). The molecule has 0 fully saturated rings. The van der Waals surface area contributed by atoms with Crippen LogP contribution in [0, 0.1) is 5.82 Å². The van der Waals surface area contributed by atoms with Crippen LogP contribution in [0.15, 0.2) is 47.8 Å². The monoisotopic (exact) mass is 436 g/mol.